The Hall–Kier alpha value is -0.650. The molecule has 0 aromatic rings. The van der Waals surface area contributed by atoms with Gasteiger partial charge >= 0.3 is 0 Å². The van der Waals surface area contributed by atoms with Gasteiger partial charge in [0.25, 0.3) is 5.91 Å². The second kappa shape index (κ2) is 7.49. The van der Waals surface area contributed by atoms with Crippen LogP contribution < -0.4 is 0 Å². The molecule has 5 heteroatoms. The number of carbonyl (C=O) groups excluding carboxylic acids is 1. The van der Waals surface area contributed by atoms with Crippen LogP contribution in [0.4, 0.5) is 0 Å². The molecule has 2 aliphatic heterocycles. The van der Waals surface area contributed by atoms with Crippen LogP contribution in [0.25, 0.3) is 0 Å². The van der Waals surface area contributed by atoms with Gasteiger partial charge in [-0.1, -0.05) is 19.3 Å². The molecule has 3 aliphatic rings. The minimum atomic E-state index is -1.15. The zero-order valence-electron chi connectivity index (χ0n) is 14.7. The molecule has 0 radical (unpaired) electrons. The molecular weight excluding hydrogens is 290 g/mol. The molecule has 1 aliphatic carbocycles. The average molecular weight is 323 g/mol. The second-order valence-electron chi connectivity index (χ2n) is 7.97. The van der Waals surface area contributed by atoms with Crippen LogP contribution in [0.3, 0.4) is 0 Å². The molecular formula is C18H33N3O2. The highest BCUT2D eigenvalue weighted by molar-refractivity contribution is 5.86. The third-order valence-corrected chi connectivity index (χ3v) is 5.99. The number of piperidine rings is 1. The summed E-state index contributed by atoms with van der Waals surface area (Å²) < 4.78 is 0. The standard InChI is InChI=1S/C18H33N3O2/c1-19-10-12-20(13-11-19)15-18(23)8-5-9-21(17(18)22)14-16-6-3-2-4-7-16/h16,23H,2-15H2,1H3/t18-/m0/s1. The van der Waals surface area contributed by atoms with Crippen LogP contribution in [0.15, 0.2) is 0 Å². The van der Waals surface area contributed by atoms with Gasteiger partial charge in [-0.05, 0) is 38.6 Å². The molecule has 3 rings (SSSR count). The van der Waals surface area contributed by atoms with E-state index in [0.29, 0.717) is 18.9 Å². The van der Waals surface area contributed by atoms with Crippen molar-refractivity contribution in [1.82, 2.24) is 14.7 Å². The van der Waals surface area contributed by atoms with Crippen molar-refractivity contribution in [3.63, 3.8) is 0 Å². The van der Waals surface area contributed by atoms with Crippen LogP contribution in [-0.2, 0) is 4.79 Å². The van der Waals surface area contributed by atoms with Gasteiger partial charge in [-0.25, -0.2) is 0 Å². The monoisotopic (exact) mass is 323 g/mol. The first kappa shape index (κ1) is 17.2. The Balaban J connectivity index is 1.56. The molecule has 1 amide bonds. The second-order valence-corrected chi connectivity index (χ2v) is 7.97. The Morgan fingerprint density at radius 3 is 2.43 bits per heavy atom. The van der Waals surface area contributed by atoms with Gasteiger partial charge in [-0.15, -0.1) is 0 Å². The average Bonchev–Trinajstić information content (AvgIpc) is 2.55. The van der Waals surface area contributed by atoms with Gasteiger partial charge in [0.15, 0.2) is 5.60 Å². The summed E-state index contributed by atoms with van der Waals surface area (Å²) in [7, 11) is 2.13. The summed E-state index contributed by atoms with van der Waals surface area (Å²) in [5, 5.41) is 11.0. The van der Waals surface area contributed by atoms with Crippen molar-refractivity contribution in [1.29, 1.82) is 0 Å². The van der Waals surface area contributed by atoms with E-state index in [0.717, 1.165) is 45.7 Å². The molecule has 2 heterocycles. The molecule has 0 aromatic carbocycles. The molecule has 2 saturated heterocycles. The van der Waals surface area contributed by atoms with Crippen LogP contribution in [-0.4, -0.2) is 84.2 Å². The molecule has 1 saturated carbocycles. The number of piperazine rings is 1. The molecule has 0 bridgehead atoms. The Kier molecular flexibility index (Phi) is 5.60. The van der Waals surface area contributed by atoms with E-state index in [9.17, 15) is 9.90 Å². The fourth-order valence-corrected chi connectivity index (χ4v) is 4.44. The van der Waals surface area contributed by atoms with E-state index in [4.69, 9.17) is 0 Å². The van der Waals surface area contributed by atoms with Crippen molar-refractivity contribution in [2.24, 2.45) is 5.92 Å². The fraction of sp³-hybridized carbons (Fsp3) is 0.944. The van der Waals surface area contributed by atoms with Gasteiger partial charge in [-0.3, -0.25) is 9.69 Å². The summed E-state index contributed by atoms with van der Waals surface area (Å²) in [5.74, 6) is 0.645. The smallest absolute Gasteiger partial charge is 0.255 e. The number of β-amino-alcohol motifs (C(OH)–C–C–N with tert-alkyl or cyclic N) is 1. The van der Waals surface area contributed by atoms with Crippen LogP contribution in [0.2, 0.25) is 0 Å². The van der Waals surface area contributed by atoms with Gasteiger partial charge < -0.3 is 14.9 Å². The first-order valence-corrected chi connectivity index (χ1v) is 9.49. The summed E-state index contributed by atoms with van der Waals surface area (Å²) in [6.45, 7) is 6.17. The fourth-order valence-electron chi connectivity index (χ4n) is 4.44. The van der Waals surface area contributed by atoms with Crippen molar-refractivity contribution in [3.05, 3.63) is 0 Å². The molecule has 3 fully saturated rings. The van der Waals surface area contributed by atoms with Gasteiger partial charge in [0, 0.05) is 45.8 Å². The molecule has 0 unspecified atom stereocenters. The molecule has 5 nitrogen and oxygen atoms in total. The third-order valence-electron chi connectivity index (χ3n) is 5.99. The molecule has 132 valence electrons. The maximum absolute atomic E-state index is 12.9. The summed E-state index contributed by atoms with van der Waals surface area (Å²) >= 11 is 0. The number of rotatable bonds is 4. The highest BCUT2D eigenvalue weighted by Crippen LogP contribution is 2.29. The van der Waals surface area contributed by atoms with Gasteiger partial charge in [0.1, 0.15) is 0 Å². The number of carbonyl (C=O) groups is 1. The largest absolute Gasteiger partial charge is 0.379 e. The molecule has 23 heavy (non-hydrogen) atoms. The Labute approximate surface area is 140 Å². The highest BCUT2D eigenvalue weighted by atomic mass is 16.3. The van der Waals surface area contributed by atoms with E-state index < -0.39 is 5.60 Å². The predicted octanol–water partition coefficient (Wildman–Crippen LogP) is 1.17. The minimum absolute atomic E-state index is 0.00625. The van der Waals surface area contributed by atoms with Crippen molar-refractivity contribution in [2.45, 2.75) is 50.5 Å². The Morgan fingerprint density at radius 1 is 1.04 bits per heavy atom. The van der Waals surface area contributed by atoms with Crippen molar-refractivity contribution >= 4 is 5.91 Å². The quantitative estimate of drug-likeness (QED) is 0.844. The Bertz CT molecular complexity index is 403. The van der Waals surface area contributed by atoms with Gasteiger partial charge in [0.2, 0.25) is 0 Å². The topological polar surface area (TPSA) is 47.0 Å². The number of hydrogen-bond donors (Lipinski definition) is 1. The van der Waals surface area contributed by atoms with E-state index in [1.54, 1.807) is 0 Å². The summed E-state index contributed by atoms with van der Waals surface area (Å²) in [6, 6.07) is 0. The van der Waals surface area contributed by atoms with Crippen molar-refractivity contribution < 1.29 is 9.90 Å². The van der Waals surface area contributed by atoms with Gasteiger partial charge in [0.05, 0.1) is 0 Å². The van der Waals surface area contributed by atoms with E-state index >= 15 is 0 Å². The zero-order chi connectivity index (χ0) is 16.3. The van der Waals surface area contributed by atoms with E-state index in [1.807, 2.05) is 4.90 Å². The molecule has 0 spiro atoms. The summed E-state index contributed by atoms with van der Waals surface area (Å²) in [6.07, 6.45) is 8.01. The lowest BCUT2D eigenvalue weighted by atomic mass is 9.86. The highest BCUT2D eigenvalue weighted by Gasteiger charge is 2.43. The number of amides is 1. The van der Waals surface area contributed by atoms with E-state index in [2.05, 4.69) is 16.8 Å². The lowest BCUT2D eigenvalue weighted by Crippen LogP contribution is -2.61. The predicted molar refractivity (Wildman–Crippen MR) is 91.3 cm³/mol. The van der Waals surface area contributed by atoms with Crippen LogP contribution in [0.5, 0.6) is 0 Å². The number of aliphatic hydroxyl groups is 1. The van der Waals surface area contributed by atoms with Crippen molar-refractivity contribution in [3.8, 4) is 0 Å². The normalized spacial score (nSPS) is 32.4. The molecule has 1 N–H and O–H groups in total. The zero-order valence-corrected chi connectivity index (χ0v) is 14.7. The van der Waals surface area contributed by atoms with Crippen LogP contribution >= 0.6 is 0 Å². The number of likely N-dealkylation sites (N-methyl/N-ethyl adjacent to an activating group) is 1. The lowest BCUT2D eigenvalue weighted by molar-refractivity contribution is -0.160. The third kappa shape index (κ3) is 4.25. The van der Waals surface area contributed by atoms with Crippen molar-refractivity contribution in [2.75, 3.05) is 52.9 Å². The number of hydrogen-bond acceptors (Lipinski definition) is 4. The number of likely N-dealkylation sites (tertiary alicyclic amines) is 1. The first-order valence-electron chi connectivity index (χ1n) is 9.49. The Morgan fingerprint density at radius 2 is 1.74 bits per heavy atom. The van der Waals surface area contributed by atoms with Crippen LogP contribution in [0.1, 0.15) is 44.9 Å². The maximum atomic E-state index is 12.9. The van der Waals surface area contributed by atoms with Crippen LogP contribution in [0, 0.1) is 5.92 Å². The lowest BCUT2D eigenvalue weighted by Gasteiger charge is -2.43. The molecule has 0 aromatic heterocycles. The summed E-state index contributed by atoms with van der Waals surface area (Å²) in [4.78, 5) is 19.4. The molecule has 1 atom stereocenters. The minimum Gasteiger partial charge on any atom is -0.379 e. The first-order chi connectivity index (χ1) is 11.1. The number of nitrogens with zero attached hydrogens (tertiary/aromatic N) is 3. The van der Waals surface area contributed by atoms with E-state index in [-0.39, 0.29) is 5.91 Å². The maximum Gasteiger partial charge on any atom is 0.255 e. The van der Waals surface area contributed by atoms with Gasteiger partial charge in [-0.2, -0.15) is 0 Å². The summed E-state index contributed by atoms with van der Waals surface area (Å²) in [5.41, 5.74) is -1.15. The van der Waals surface area contributed by atoms with E-state index in [1.165, 1.54) is 32.1 Å². The SMILES string of the molecule is CN1CCN(C[C@@]2(O)CCCN(CC3CCCCC3)C2=O)CC1.